The number of pyridine rings is 1. The molecule has 0 saturated carbocycles. The molecule has 0 bridgehead atoms. The first-order valence-electron chi connectivity index (χ1n) is 9.42. The molecule has 7 nitrogen and oxygen atoms in total. The monoisotopic (exact) mass is 487 g/mol. The van der Waals surface area contributed by atoms with Crippen molar-refractivity contribution in [3.05, 3.63) is 77.1 Å². The molecule has 0 unspecified atom stereocenters. The first kappa shape index (κ1) is 22.2. The van der Waals surface area contributed by atoms with Crippen molar-refractivity contribution in [1.29, 1.82) is 0 Å². The Kier molecular flexibility index (Phi) is 6.14. The molecule has 0 radical (unpaired) electrons. The minimum absolute atomic E-state index is 0.0436. The summed E-state index contributed by atoms with van der Waals surface area (Å²) < 4.78 is 30.7. The number of sulfone groups is 1. The summed E-state index contributed by atoms with van der Waals surface area (Å²) in [5, 5.41) is 0.846. The lowest BCUT2D eigenvalue weighted by molar-refractivity contribution is 0.0982. The van der Waals surface area contributed by atoms with Gasteiger partial charge in [0, 0.05) is 18.6 Å². The van der Waals surface area contributed by atoms with Crippen LogP contribution in [0.25, 0.3) is 10.2 Å². The van der Waals surface area contributed by atoms with E-state index in [1.165, 1.54) is 35.5 Å². The van der Waals surface area contributed by atoms with Crippen LogP contribution in [0.3, 0.4) is 0 Å². The Morgan fingerprint density at radius 3 is 2.62 bits per heavy atom. The van der Waals surface area contributed by atoms with Crippen LogP contribution >= 0.6 is 22.9 Å². The summed E-state index contributed by atoms with van der Waals surface area (Å²) in [6, 6.07) is 13.1. The number of nitrogens with zero attached hydrogens (tertiary/aromatic N) is 3. The molecular weight excluding hydrogens is 470 g/mol. The van der Waals surface area contributed by atoms with E-state index in [1.807, 2.05) is 6.07 Å². The maximum absolute atomic E-state index is 13.7. The van der Waals surface area contributed by atoms with Gasteiger partial charge in [0.15, 0.2) is 15.0 Å². The molecule has 0 fully saturated rings. The Morgan fingerprint density at radius 1 is 1.16 bits per heavy atom. The van der Waals surface area contributed by atoms with Gasteiger partial charge in [-0.15, -0.1) is 0 Å². The van der Waals surface area contributed by atoms with Gasteiger partial charge in [-0.3, -0.25) is 14.7 Å². The number of ether oxygens (including phenoxy) is 1. The summed E-state index contributed by atoms with van der Waals surface area (Å²) in [7, 11) is -2.10. The molecule has 0 aliphatic carbocycles. The maximum atomic E-state index is 13.7. The number of carbonyl (C=O) groups excluding carboxylic acids is 1. The number of rotatable bonds is 6. The molecule has 0 aliphatic rings. The van der Waals surface area contributed by atoms with Crippen LogP contribution in [0.5, 0.6) is 5.75 Å². The summed E-state index contributed by atoms with van der Waals surface area (Å²) >= 11 is 7.60. The van der Waals surface area contributed by atoms with Crippen LogP contribution in [-0.2, 0) is 16.4 Å². The fraction of sp³-hybridized carbons (Fsp3) is 0.136. The highest BCUT2D eigenvalue weighted by molar-refractivity contribution is 7.90. The molecular formula is C22H18ClN3O4S2. The molecule has 4 aromatic rings. The Labute approximate surface area is 194 Å². The molecule has 0 saturated heterocycles. The van der Waals surface area contributed by atoms with Crippen LogP contribution in [0.4, 0.5) is 5.13 Å². The predicted octanol–water partition coefficient (Wildman–Crippen LogP) is 4.60. The Balaban J connectivity index is 1.89. The van der Waals surface area contributed by atoms with E-state index in [0.717, 1.165) is 11.8 Å². The maximum Gasteiger partial charge on any atom is 0.261 e. The number of hydrogen-bond acceptors (Lipinski definition) is 7. The van der Waals surface area contributed by atoms with Gasteiger partial charge < -0.3 is 4.74 Å². The molecule has 32 heavy (non-hydrogen) atoms. The quantitative estimate of drug-likeness (QED) is 0.394. The van der Waals surface area contributed by atoms with Gasteiger partial charge in [0.2, 0.25) is 0 Å². The van der Waals surface area contributed by atoms with E-state index in [9.17, 15) is 13.2 Å². The number of halogens is 1. The van der Waals surface area contributed by atoms with Gasteiger partial charge in [-0.25, -0.2) is 13.4 Å². The van der Waals surface area contributed by atoms with Gasteiger partial charge in [-0.05, 0) is 35.9 Å². The molecule has 4 rings (SSSR count). The standard InChI is InChI=1S/C22H18ClN3O4S2/c1-30-17-10-9-16(23)20-19(17)25-22(31-20)26(13-14-6-5-11-24-12-14)21(27)15-7-3-4-8-18(15)32(2,28)29/h3-12H,13H2,1-2H3. The van der Waals surface area contributed by atoms with Crippen LogP contribution in [0.15, 0.2) is 65.8 Å². The molecule has 2 aromatic carbocycles. The second-order valence-electron chi connectivity index (χ2n) is 6.94. The van der Waals surface area contributed by atoms with E-state index >= 15 is 0 Å². The zero-order chi connectivity index (χ0) is 22.9. The number of amides is 1. The van der Waals surface area contributed by atoms with Crippen molar-refractivity contribution in [3.8, 4) is 5.75 Å². The Hall–Kier alpha value is -3.01. The average Bonchev–Trinajstić information content (AvgIpc) is 3.23. The van der Waals surface area contributed by atoms with E-state index in [0.29, 0.717) is 26.1 Å². The van der Waals surface area contributed by atoms with Crippen LogP contribution in [0.1, 0.15) is 15.9 Å². The second kappa shape index (κ2) is 8.85. The van der Waals surface area contributed by atoms with Gasteiger partial charge in [0.25, 0.3) is 5.91 Å². The van der Waals surface area contributed by atoms with Crippen LogP contribution in [-0.4, -0.2) is 37.7 Å². The van der Waals surface area contributed by atoms with Crippen LogP contribution < -0.4 is 9.64 Å². The van der Waals surface area contributed by atoms with Gasteiger partial charge in [0.05, 0.1) is 33.8 Å². The first-order valence-corrected chi connectivity index (χ1v) is 12.5. The second-order valence-corrected chi connectivity index (χ2v) is 10.3. The van der Waals surface area contributed by atoms with E-state index in [4.69, 9.17) is 16.3 Å². The number of aromatic nitrogens is 2. The highest BCUT2D eigenvalue weighted by Gasteiger charge is 2.27. The van der Waals surface area contributed by atoms with E-state index < -0.39 is 15.7 Å². The summed E-state index contributed by atoms with van der Waals surface area (Å²) in [5.74, 6) is 0.0289. The zero-order valence-corrected chi connectivity index (χ0v) is 19.5. The minimum atomic E-state index is -3.63. The molecule has 0 atom stereocenters. The minimum Gasteiger partial charge on any atom is -0.494 e. The lowest BCUT2D eigenvalue weighted by Crippen LogP contribution is -2.31. The van der Waals surface area contributed by atoms with Gasteiger partial charge >= 0.3 is 0 Å². The van der Waals surface area contributed by atoms with Crippen molar-refractivity contribution < 1.29 is 17.9 Å². The van der Waals surface area contributed by atoms with Crippen molar-refractivity contribution in [2.75, 3.05) is 18.3 Å². The number of hydrogen-bond donors (Lipinski definition) is 0. The smallest absolute Gasteiger partial charge is 0.261 e. The summed E-state index contributed by atoms with van der Waals surface area (Å²) in [4.78, 5) is 23.8. The number of thiazole rings is 1. The molecule has 1 amide bonds. The van der Waals surface area contributed by atoms with Crippen molar-refractivity contribution in [1.82, 2.24) is 9.97 Å². The van der Waals surface area contributed by atoms with Crippen molar-refractivity contribution in [2.45, 2.75) is 11.4 Å². The van der Waals surface area contributed by atoms with Crippen molar-refractivity contribution in [2.24, 2.45) is 0 Å². The number of benzene rings is 2. The van der Waals surface area contributed by atoms with Crippen molar-refractivity contribution in [3.63, 3.8) is 0 Å². The number of fused-ring (bicyclic) bond motifs is 1. The van der Waals surface area contributed by atoms with E-state index in [2.05, 4.69) is 9.97 Å². The normalized spacial score (nSPS) is 11.5. The van der Waals surface area contributed by atoms with Gasteiger partial charge in [-0.2, -0.15) is 0 Å². The number of methoxy groups -OCH3 is 1. The Bertz CT molecular complexity index is 1410. The Morgan fingerprint density at radius 2 is 1.94 bits per heavy atom. The summed E-state index contributed by atoms with van der Waals surface area (Å²) in [6.45, 7) is 0.143. The topological polar surface area (TPSA) is 89.5 Å². The highest BCUT2D eigenvalue weighted by Crippen LogP contribution is 2.39. The van der Waals surface area contributed by atoms with Crippen molar-refractivity contribution >= 4 is 54.0 Å². The van der Waals surface area contributed by atoms with Gasteiger partial charge in [-0.1, -0.05) is 41.1 Å². The average molecular weight is 488 g/mol. The third kappa shape index (κ3) is 4.32. The number of carbonyl (C=O) groups is 1. The zero-order valence-electron chi connectivity index (χ0n) is 17.1. The fourth-order valence-corrected chi connectivity index (χ4v) is 5.37. The van der Waals surface area contributed by atoms with E-state index in [1.54, 1.807) is 42.7 Å². The predicted molar refractivity (Wildman–Crippen MR) is 125 cm³/mol. The summed E-state index contributed by atoms with van der Waals surface area (Å²) in [6.07, 6.45) is 4.35. The fourth-order valence-electron chi connectivity index (χ4n) is 3.23. The molecule has 164 valence electrons. The third-order valence-electron chi connectivity index (χ3n) is 4.72. The molecule has 2 aromatic heterocycles. The SMILES string of the molecule is COc1ccc(Cl)c2sc(N(Cc3cccnc3)C(=O)c3ccccc3S(C)(=O)=O)nc12. The highest BCUT2D eigenvalue weighted by atomic mass is 35.5. The van der Waals surface area contributed by atoms with Gasteiger partial charge in [0.1, 0.15) is 11.3 Å². The molecule has 0 aliphatic heterocycles. The lowest BCUT2D eigenvalue weighted by atomic mass is 10.2. The third-order valence-corrected chi connectivity index (χ3v) is 7.42. The lowest BCUT2D eigenvalue weighted by Gasteiger charge is -2.21. The largest absolute Gasteiger partial charge is 0.494 e. The first-order chi connectivity index (χ1) is 15.3. The number of anilines is 1. The molecule has 0 spiro atoms. The van der Waals surface area contributed by atoms with Crippen LogP contribution in [0.2, 0.25) is 5.02 Å². The molecule has 2 heterocycles. The van der Waals surface area contributed by atoms with E-state index in [-0.39, 0.29) is 17.0 Å². The summed E-state index contributed by atoms with van der Waals surface area (Å²) in [5.41, 5.74) is 1.35. The molecule has 10 heteroatoms. The van der Waals surface area contributed by atoms with Crippen LogP contribution in [0, 0.1) is 0 Å². The molecule has 0 N–H and O–H groups in total.